The second-order valence-corrected chi connectivity index (χ2v) is 7.29. The Morgan fingerprint density at radius 2 is 2.00 bits per heavy atom. The molecule has 0 saturated heterocycles. The third-order valence-electron chi connectivity index (χ3n) is 3.73. The van der Waals surface area contributed by atoms with Crippen LogP contribution in [0.4, 0.5) is 15.8 Å². The first-order valence-electron chi connectivity index (χ1n) is 7.52. The highest BCUT2D eigenvalue weighted by molar-refractivity contribution is 9.10. The van der Waals surface area contributed by atoms with Crippen LogP contribution in [-0.2, 0) is 11.3 Å². The third kappa shape index (κ3) is 3.48. The van der Waals surface area contributed by atoms with Gasteiger partial charge in [-0.05, 0) is 52.3 Å². The number of hydrogen-bond donors (Lipinski definition) is 1. The first kappa shape index (κ1) is 16.6. The molecule has 1 heterocycles. The summed E-state index contributed by atoms with van der Waals surface area (Å²) in [6.07, 6.45) is 2.72. The number of rotatable bonds is 5. The number of halogens is 2. The smallest absolute Gasteiger partial charge is 0.127 e. The minimum Gasteiger partial charge on any atom is -0.355 e. The van der Waals surface area contributed by atoms with Gasteiger partial charge in [0, 0.05) is 21.0 Å². The Morgan fingerprint density at radius 3 is 2.67 bits per heavy atom. The van der Waals surface area contributed by atoms with E-state index in [0.717, 1.165) is 33.0 Å². The SMILES string of the molecule is CC(C)(C=O)Cn1ncc2cc(Nc3ccc(F)cc3)c(Br)cc21. The van der Waals surface area contributed by atoms with Gasteiger partial charge in [-0.25, -0.2) is 4.39 Å². The number of aromatic nitrogens is 2. The van der Waals surface area contributed by atoms with Crippen molar-refractivity contribution in [3.63, 3.8) is 0 Å². The van der Waals surface area contributed by atoms with E-state index in [2.05, 4.69) is 26.3 Å². The van der Waals surface area contributed by atoms with Crippen molar-refractivity contribution < 1.29 is 9.18 Å². The summed E-state index contributed by atoms with van der Waals surface area (Å²) >= 11 is 3.56. The van der Waals surface area contributed by atoms with E-state index in [9.17, 15) is 9.18 Å². The zero-order valence-electron chi connectivity index (χ0n) is 13.4. The van der Waals surface area contributed by atoms with E-state index in [1.165, 1.54) is 12.1 Å². The Bertz CT molecular complexity index is 887. The first-order valence-corrected chi connectivity index (χ1v) is 8.31. The van der Waals surface area contributed by atoms with Crippen LogP contribution in [0.2, 0.25) is 0 Å². The van der Waals surface area contributed by atoms with Crippen LogP contribution in [0.3, 0.4) is 0 Å². The lowest BCUT2D eigenvalue weighted by atomic mass is 9.96. The van der Waals surface area contributed by atoms with Crippen LogP contribution in [-0.4, -0.2) is 16.1 Å². The van der Waals surface area contributed by atoms with Gasteiger partial charge in [0.05, 0.1) is 23.9 Å². The molecule has 6 heteroatoms. The van der Waals surface area contributed by atoms with Gasteiger partial charge in [-0.15, -0.1) is 0 Å². The summed E-state index contributed by atoms with van der Waals surface area (Å²) in [5, 5.41) is 8.60. The maximum atomic E-state index is 13.0. The average Bonchev–Trinajstić information content (AvgIpc) is 2.91. The molecular weight excluding hydrogens is 373 g/mol. The Hall–Kier alpha value is -2.21. The molecule has 3 aromatic rings. The highest BCUT2D eigenvalue weighted by Crippen LogP contribution is 2.31. The molecule has 0 bridgehead atoms. The van der Waals surface area contributed by atoms with Gasteiger partial charge in [0.2, 0.25) is 0 Å². The van der Waals surface area contributed by atoms with Gasteiger partial charge in [0.15, 0.2) is 0 Å². The molecular formula is C18H17BrFN3O. The topological polar surface area (TPSA) is 46.9 Å². The highest BCUT2D eigenvalue weighted by Gasteiger charge is 2.19. The summed E-state index contributed by atoms with van der Waals surface area (Å²) in [7, 11) is 0. The fraction of sp³-hybridized carbons (Fsp3) is 0.222. The monoisotopic (exact) mass is 389 g/mol. The molecule has 124 valence electrons. The molecule has 1 aromatic heterocycles. The van der Waals surface area contributed by atoms with Crippen molar-refractivity contribution in [2.45, 2.75) is 20.4 Å². The summed E-state index contributed by atoms with van der Waals surface area (Å²) in [5.41, 5.74) is 2.13. The van der Waals surface area contributed by atoms with Crippen molar-refractivity contribution in [3.05, 3.63) is 52.9 Å². The number of anilines is 2. The Labute approximate surface area is 147 Å². The van der Waals surface area contributed by atoms with Gasteiger partial charge >= 0.3 is 0 Å². The fourth-order valence-electron chi connectivity index (χ4n) is 2.43. The fourth-order valence-corrected chi connectivity index (χ4v) is 2.86. The number of carbonyl (C=O) groups excluding carboxylic acids is 1. The van der Waals surface area contributed by atoms with Crippen molar-refractivity contribution in [1.82, 2.24) is 9.78 Å². The van der Waals surface area contributed by atoms with E-state index in [1.54, 1.807) is 18.3 Å². The summed E-state index contributed by atoms with van der Waals surface area (Å²) in [6, 6.07) is 10.1. The number of aldehydes is 1. The number of nitrogens with one attached hydrogen (secondary N) is 1. The molecule has 0 fully saturated rings. The van der Waals surface area contributed by atoms with Crippen molar-refractivity contribution in [2.75, 3.05) is 5.32 Å². The lowest BCUT2D eigenvalue weighted by molar-refractivity contribution is -0.115. The molecule has 0 aliphatic rings. The molecule has 0 saturated carbocycles. The van der Waals surface area contributed by atoms with Crippen molar-refractivity contribution >= 4 is 44.5 Å². The number of carbonyl (C=O) groups is 1. The largest absolute Gasteiger partial charge is 0.355 e. The third-order valence-corrected chi connectivity index (χ3v) is 4.39. The summed E-state index contributed by atoms with van der Waals surface area (Å²) in [4.78, 5) is 11.2. The van der Waals surface area contributed by atoms with Crippen LogP contribution >= 0.6 is 15.9 Å². The first-order chi connectivity index (χ1) is 11.4. The molecule has 24 heavy (non-hydrogen) atoms. The molecule has 0 radical (unpaired) electrons. The van der Waals surface area contributed by atoms with Gasteiger partial charge in [0.1, 0.15) is 12.1 Å². The molecule has 0 aliphatic heterocycles. The molecule has 0 spiro atoms. The van der Waals surface area contributed by atoms with E-state index in [4.69, 9.17) is 0 Å². The van der Waals surface area contributed by atoms with Gasteiger partial charge in [-0.3, -0.25) is 4.68 Å². The lowest BCUT2D eigenvalue weighted by Gasteiger charge is -2.17. The number of hydrogen-bond acceptors (Lipinski definition) is 3. The van der Waals surface area contributed by atoms with Gasteiger partial charge < -0.3 is 10.1 Å². The van der Waals surface area contributed by atoms with Crippen LogP contribution < -0.4 is 5.32 Å². The van der Waals surface area contributed by atoms with Crippen molar-refractivity contribution in [1.29, 1.82) is 0 Å². The minimum absolute atomic E-state index is 0.269. The zero-order chi connectivity index (χ0) is 17.3. The van der Waals surface area contributed by atoms with E-state index >= 15 is 0 Å². The van der Waals surface area contributed by atoms with E-state index in [1.807, 2.05) is 30.7 Å². The minimum atomic E-state index is -0.476. The molecule has 0 unspecified atom stereocenters. The maximum Gasteiger partial charge on any atom is 0.127 e. The molecule has 3 rings (SSSR count). The van der Waals surface area contributed by atoms with E-state index < -0.39 is 5.41 Å². The maximum absolute atomic E-state index is 13.0. The number of nitrogens with zero attached hydrogens (tertiary/aromatic N) is 2. The van der Waals surface area contributed by atoms with Gasteiger partial charge in [-0.1, -0.05) is 13.8 Å². The molecule has 4 nitrogen and oxygen atoms in total. The summed E-state index contributed by atoms with van der Waals surface area (Å²) in [6.45, 7) is 4.28. The second-order valence-electron chi connectivity index (χ2n) is 6.43. The quantitative estimate of drug-likeness (QED) is 0.630. The normalized spacial score (nSPS) is 11.7. The summed E-state index contributed by atoms with van der Waals surface area (Å²) in [5.74, 6) is -0.269. The molecule has 0 amide bonds. The Kier molecular flexibility index (Phi) is 4.41. The average molecular weight is 390 g/mol. The Balaban J connectivity index is 1.93. The van der Waals surface area contributed by atoms with Crippen LogP contribution in [0.25, 0.3) is 10.9 Å². The zero-order valence-corrected chi connectivity index (χ0v) is 15.0. The molecule has 2 aromatic carbocycles. The van der Waals surface area contributed by atoms with E-state index in [0.29, 0.717) is 6.54 Å². The predicted molar refractivity (Wildman–Crippen MR) is 97.0 cm³/mol. The molecule has 0 atom stereocenters. The molecule has 1 N–H and O–H groups in total. The van der Waals surface area contributed by atoms with Crippen LogP contribution in [0.5, 0.6) is 0 Å². The van der Waals surface area contributed by atoms with E-state index in [-0.39, 0.29) is 5.82 Å². The number of fused-ring (bicyclic) bond motifs is 1. The molecule has 0 aliphatic carbocycles. The highest BCUT2D eigenvalue weighted by atomic mass is 79.9. The second kappa shape index (κ2) is 6.36. The van der Waals surface area contributed by atoms with Crippen LogP contribution in [0, 0.1) is 11.2 Å². The summed E-state index contributed by atoms with van der Waals surface area (Å²) < 4.78 is 15.7. The predicted octanol–water partition coefficient (Wildman–Crippen LogP) is 4.91. The van der Waals surface area contributed by atoms with Gasteiger partial charge in [-0.2, -0.15) is 5.10 Å². The van der Waals surface area contributed by atoms with Gasteiger partial charge in [0.25, 0.3) is 0 Å². The standard InChI is InChI=1S/C18H17BrFN3O/c1-18(2,11-24)10-23-17-8-15(19)16(7-12(17)9-21-23)22-14-5-3-13(20)4-6-14/h3-9,11,22H,10H2,1-2H3. The lowest BCUT2D eigenvalue weighted by Crippen LogP contribution is -2.21. The van der Waals surface area contributed by atoms with Crippen molar-refractivity contribution in [3.8, 4) is 0 Å². The van der Waals surface area contributed by atoms with Crippen LogP contribution in [0.15, 0.2) is 47.1 Å². The Morgan fingerprint density at radius 1 is 1.29 bits per heavy atom. The van der Waals surface area contributed by atoms with Crippen molar-refractivity contribution in [2.24, 2.45) is 5.41 Å². The number of benzene rings is 2. The van der Waals surface area contributed by atoms with Crippen LogP contribution in [0.1, 0.15) is 13.8 Å².